The van der Waals surface area contributed by atoms with E-state index in [1.165, 1.54) is 7.11 Å². The molecule has 0 saturated heterocycles. The number of carbonyl (C=O) groups is 1. The van der Waals surface area contributed by atoms with Crippen molar-refractivity contribution in [1.82, 2.24) is 5.32 Å². The van der Waals surface area contributed by atoms with Crippen molar-refractivity contribution in [2.75, 3.05) is 20.3 Å². The number of hydrogen-bond acceptors (Lipinski definition) is 4. The van der Waals surface area contributed by atoms with E-state index in [9.17, 15) is 4.79 Å². The lowest BCUT2D eigenvalue weighted by molar-refractivity contribution is -0.143. The fourth-order valence-corrected chi connectivity index (χ4v) is 1.35. The van der Waals surface area contributed by atoms with Crippen LogP contribution in [0.1, 0.15) is 34.1 Å². The van der Waals surface area contributed by atoms with Crippen LogP contribution in [0.25, 0.3) is 0 Å². The Morgan fingerprint density at radius 3 is 2.40 bits per heavy atom. The van der Waals surface area contributed by atoms with E-state index in [-0.39, 0.29) is 17.6 Å². The Labute approximate surface area is 92.3 Å². The molecule has 0 heterocycles. The summed E-state index contributed by atoms with van der Waals surface area (Å²) in [6.45, 7) is 9.20. The van der Waals surface area contributed by atoms with E-state index >= 15 is 0 Å². The Morgan fingerprint density at radius 1 is 1.40 bits per heavy atom. The van der Waals surface area contributed by atoms with Gasteiger partial charge in [-0.15, -0.1) is 0 Å². The fourth-order valence-electron chi connectivity index (χ4n) is 1.35. The summed E-state index contributed by atoms with van der Waals surface area (Å²) < 4.78 is 10.2. The number of esters is 1. The Balaban J connectivity index is 4.05. The van der Waals surface area contributed by atoms with E-state index < -0.39 is 0 Å². The molecular formula is C11H23NO3. The predicted molar refractivity (Wildman–Crippen MR) is 59.8 cm³/mol. The fraction of sp³-hybridized carbons (Fsp3) is 0.909. The van der Waals surface area contributed by atoms with Gasteiger partial charge in [0.1, 0.15) is 6.04 Å². The highest BCUT2D eigenvalue weighted by Gasteiger charge is 2.22. The molecule has 0 bridgehead atoms. The zero-order valence-corrected chi connectivity index (χ0v) is 10.4. The Kier molecular flexibility index (Phi) is 6.52. The predicted octanol–water partition coefficient (Wildman–Crippen LogP) is 1.34. The highest BCUT2D eigenvalue weighted by atomic mass is 16.5. The Bertz CT molecular complexity index is 192. The molecule has 0 aliphatic carbocycles. The molecule has 0 amide bonds. The van der Waals surface area contributed by atoms with Crippen molar-refractivity contribution < 1.29 is 14.3 Å². The van der Waals surface area contributed by atoms with Crippen LogP contribution in [0.15, 0.2) is 0 Å². The SMILES string of the molecule is CCOC(C)(C)CNC(CC)C(=O)OC. The van der Waals surface area contributed by atoms with Gasteiger partial charge in [-0.2, -0.15) is 0 Å². The van der Waals surface area contributed by atoms with Gasteiger partial charge in [0.25, 0.3) is 0 Å². The van der Waals surface area contributed by atoms with Gasteiger partial charge in [-0.05, 0) is 27.2 Å². The average Bonchev–Trinajstić information content (AvgIpc) is 2.18. The van der Waals surface area contributed by atoms with Crippen LogP contribution in [-0.2, 0) is 14.3 Å². The van der Waals surface area contributed by atoms with Crippen LogP contribution < -0.4 is 5.32 Å². The molecule has 1 N–H and O–H groups in total. The molecule has 4 nitrogen and oxygen atoms in total. The van der Waals surface area contributed by atoms with Crippen LogP contribution in [0.5, 0.6) is 0 Å². The minimum atomic E-state index is -0.254. The molecule has 0 fully saturated rings. The number of methoxy groups -OCH3 is 1. The van der Waals surface area contributed by atoms with E-state index in [4.69, 9.17) is 4.74 Å². The second-order valence-corrected chi connectivity index (χ2v) is 4.06. The van der Waals surface area contributed by atoms with Crippen LogP contribution in [0.3, 0.4) is 0 Å². The van der Waals surface area contributed by atoms with Crippen molar-refractivity contribution in [2.24, 2.45) is 0 Å². The van der Waals surface area contributed by atoms with Crippen LogP contribution >= 0.6 is 0 Å². The van der Waals surface area contributed by atoms with Crippen LogP contribution in [0.2, 0.25) is 0 Å². The third kappa shape index (κ3) is 5.74. The summed E-state index contributed by atoms with van der Waals surface area (Å²) in [5.74, 6) is -0.218. The number of hydrogen-bond donors (Lipinski definition) is 1. The molecule has 0 aromatic carbocycles. The number of carbonyl (C=O) groups excluding carboxylic acids is 1. The van der Waals surface area contributed by atoms with E-state index in [0.29, 0.717) is 13.2 Å². The molecule has 0 aromatic heterocycles. The van der Waals surface area contributed by atoms with Gasteiger partial charge in [0, 0.05) is 13.2 Å². The Hall–Kier alpha value is -0.610. The van der Waals surface area contributed by atoms with Crippen molar-refractivity contribution >= 4 is 5.97 Å². The quantitative estimate of drug-likeness (QED) is 0.654. The van der Waals surface area contributed by atoms with Crippen molar-refractivity contribution in [3.63, 3.8) is 0 Å². The zero-order chi connectivity index (χ0) is 11.9. The Morgan fingerprint density at radius 2 is 2.00 bits per heavy atom. The summed E-state index contributed by atoms with van der Waals surface area (Å²) in [5, 5.41) is 3.15. The molecule has 0 radical (unpaired) electrons. The molecule has 90 valence electrons. The smallest absolute Gasteiger partial charge is 0.322 e. The molecule has 0 rings (SSSR count). The first kappa shape index (κ1) is 14.4. The van der Waals surface area contributed by atoms with E-state index in [1.807, 2.05) is 27.7 Å². The third-order valence-electron chi connectivity index (χ3n) is 2.20. The van der Waals surface area contributed by atoms with Crippen LogP contribution in [0, 0.1) is 0 Å². The molecule has 0 aliphatic heterocycles. The maximum absolute atomic E-state index is 11.3. The molecular weight excluding hydrogens is 194 g/mol. The first-order chi connectivity index (χ1) is 6.96. The first-order valence-electron chi connectivity index (χ1n) is 5.42. The second-order valence-electron chi connectivity index (χ2n) is 4.06. The van der Waals surface area contributed by atoms with Gasteiger partial charge < -0.3 is 14.8 Å². The summed E-state index contributed by atoms with van der Waals surface area (Å²) >= 11 is 0. The second kappa shape index (κ2) is 6.80. The summed E-state index contributed by atoms with van der Waals surface area (Å²) in [7, 11) is 1.40. The highest BCUT2D eigenvalue weighted by Crippen LogP contribution is 2.08. The molecule has 15 heavy (non-hydrogen) atoms. The number of nitrogens with one attached hydrogen (secondary N) is 1. The lowest BCUT2D eigenvalue weighted by Gasteiger charge is -2.27. The molecule has 1 atom stereocenters. The molecule has 1 unspecified atom stereocenters. The van der Waals surface area contributed by atoms with Crippen molar-refractivity contribution in [3.8, 4) is 0 Å². The minimum absolute atomic E-state index is 0.218. The van der Waals surface area contributed by atoms with Gasteiger partial charge in [0.05, 0.1) is 12.7 Å². The third-order valence-corrected chi connectivity index (χ3v) is 2.20. The molecule has 0 saturated carbocycles. The summed E-state index contributed by atoms with van der Waals surface area (Å²) in [5.41, 5.74) is -0.254. The minimum Gasteiger partial charge on any atom is -0.468 e. The van der Waals surface area contributed by atoms with Gasteiger partial charge in [-0.1, -0.05) is 6.92 Å². The summed E-state index contributed by atoms with van der Waals surface area (Å²) in [6.07, 6.45) is 0.717. The van der Waals surface area contributed by atoms with Crippen molar-refractivity contribution in [3.05, 3.63) is 0 Å². The maximum atomic E-state index is 11.3. The zero-order valence-electron chi connectivity index (χ0n) is 10.4. The molecule has 4 heteroatoms. The van der Waals surface area contributed by atoms with E-state index in [2.05, 4.69) is 10.1 Å². The molecule has 0 aliphatic rings. The van der Waals surface area contributed by atoms with E-state index in [0.717, 1.165) is 6.42 Å². The van der Waals surface area contributed by atoms with Crippen LogP contribution in [-0.4, -0.2) is 37.9 Å². The lowest BCUT2D eigenvalue weighted by Crippen LogP contribution is -2.45. The van der Waals surface area contributed by atoms with Gasteiger partial charge in [-0.3, -0.25) is 4.79 Å². The lowest BCUT2D eigenvalue weighted by atomic mass is 10.1. The van der Waals surface area contributed by atoms with Gasteiger partial charge in [0.15, 0.2) is 0 Å². The van der Waals surface area contributed by atoms with Gasteiger partial charge in [-0.25, -0.2) is 0 Å². The van der Waals surface area contributed by atoms with Crippen LogP contribution in [0.4, 0.5) is 0 Å². The molecule has 0 spiro atoms. The summed E-state index contributed by atoms with van der Waals surface area (Å²) in [4.78, 5) is 11.3. The highest BCUT2D eigenvalue weighted by molar-refractivity contribution is 5.75. The monoisotopic (exact) mass is 217 g/mol. The normalized spacial score (nSPS) is 13.7. The maximum Gasteiger partial charge on any atom is 0.322 e. The number of ether oxygens (including phenoxy) is 2. The van der Waals surface area contributed by atoms with Crippen molar-refractivity contribution in [2.45, 2.75) is 45.8 Å². The van der Waals surface area contributed by atoms with Gasteiger partial charge >= 0.3 is 5.97 Å². The van der Waals surface area contributed by atoms with Gasteiger partial charge in [0.2, 0.25) is 0 Å². The average molecular weight is 217 g/mol. The topological polar surface area (TPSA) is 47.6 Å². The largest absolute Gasteiger partial charge is 0.468 e. The summed E-state index contributed by atoms with van der Waals surface area (Å²) in [6, 6.07) is -0.241. The van der Waals surface area contributed by atoms with E-state index in [1.54, 1.807) is 0 Å². The number of rotatable bonds is 7. The van der Waals surface area contributed by atoms with Crippen molar-refractivity contribution in [1.29, 1.82) is 0 Å². The first-order valence-corrected chi connectivity index (χ1v) is 5.42. The molecule has 0 aromatic rings. The standard InChI is InChI=1S/C11H23NO3/c1-6-9(10(13)14-5)12-8-11(3,4)15-7-2/h9,12H,6-8H2,1-5H3.